The minimum Gasteiger partial charge on any atom is -0.480 e. The lowest BCUT2D eigenvalue weighted by atomic mass is 10.2. The minimum atomic E-state index is -1.02. The quantitative estimate of drug-likeness (QED) is 0.707. The van der Waals surface area contributed by atoms with Crippen LogP contribution in [0.5, 0.6) is 0 Å². The fourth-order valence-corrected chi connectivity index (χ4v) is 1.44. The standard InChI is InChI=1S/C12H20N2O3/c1-5-7-13(6-2)12(17)14(8-10(3)4)9-11(15)16/h1,10H,6-9H2,2-4H3,(H,15,16). The van der Waals surface area contributed by atoms with Gasteiger partial charge in [-0.05, 0) is 12.8 Å². The molecular weight excluding hydrogens is 220 g/mol. The zero-order valence-corrected chi connectivity index (χ0v) is 10.6. The van der Waals surface area contributed by atoms with Gasteiger partial charge < -0.3 is 14.9 Å². The summed E-state index contributed by atoms with van der Waals surface area (Å²) in [5, 5.41) is 8.78. The number of carbonyl (C=O) groups is 2. The summed E-state index contributed by atoms with van der Waals surface area (Å²) in [7, 11) is 0. The third-order valence-electron chi connectivity index (χ3n) is 2.12. The first-order valence-corrected chi connectivity index (χ1v) is 5.61. The molecule has 0 saturated heterocycles. The van der Waals surface area contributed by atoms with Crippen molar-refractivity contribution in [1.82, 2.24) is 9.80 Å². The monoisotopic (exact) mass is 240 g/mol. The maximum Gasteiger partial charge on any atom is 0.323 e. The number of carbonyl (C=O) groups excluding carboxylic acids is 1. The molecule has 0 unspecified atom stereocenters. The van der Waals surface area contributed by atoms with Crippen LogP contribution in [-0.4, -0.2) is 53.1 Å². The number of rotatable bonds is 6. The van der Waals surface area contributed by atoms with E-state index >= 15 is 0 Å². The van der Waals surface area contributed by atoms with Gasteiger partial charge in [-0.3, -0.25) is 4.79 Å². The van der Waals surface area contributed by atoms with Crippen molar-refractivity contribution in [2.75, 3.05) is 26.2 Å². The minimum absolute atomic E-state index is 0.198. The number of amides is 2. The molecule has 0 radical (unpaired) electrons. The first-order chi connectivity index (χ1) is 7.92. The Bertz CT molecular complexity index is 307. The van der Waals surface area contributed by atoms with Crippen molar-refractivity contribution in [1.29, 1.82) is 0 Å². The Hall–Kier alpha value is -1.70. The van der Waals surface area contributed by atoms with Crippen LogP contribution in [-0.2, 0) is 4.79 Å². The lowest BCUT2D eigenvalue weighted by Gasteiger charge is -2.28. The third kappa shape index (κ3) is 5.81. The summed E-state index contributed by atoms with van der Waals surface area (Å²) in [5.74, 6) is 1.59. The molecular formula is C12H20N2O3. The highest BCUT2D eigenvalue weighted by Gasteiger charge is 2.21. The van der Waals surface area contributed by atoms with E-state index in [0.29, 0.717) is 13.1 Å². The maximum atomic E-state index is 12.0. The van der Waals surface area contributed by atoms with Crippen LogP contribution in [0.15, 0.2) is 0 Å². The molecule has 5 nitrogen and oxygen atoms in total. The molecule has 0 fully saturated rings. The lowest BCUT2D eigenvalue weighted by molar-refractivity contribution is -0.137. The molecule has 2 amide bonds. The molecule has 0 aromatic rings. The normalized spacial score (nSPS) is 9.82. The number of terminal acetylenes is 1. The summed E-state index contributed by atoms with van der Waals surface area (Å²) in [4.78, 5) is 25.5. The van der Waals surface area contributed by atoms with Gasteiger partial charge in [-0.1, -0.05) is 19.8 Å². The highest BCUT2D eigenvalue weighted by Crippen LogP contribution is 2.04. The van der Waals surface area contributed by atoms with E-state index in [2.05, 4.69) is 5.92 Å². The molecule has 0 aromatic carbocycles. The van der Waals surface area contributed by atoms with E-state index in [0.717, 1.165) is 0 Å². The zero-order valence-electron chi connectivity index (χ0n) is 10.6. The van der Waals surface area contributed by atoms with Crippen molar-refractivity contribution >= 4 is 12.0 Å². The highest BCUT2D eigenvalue weighted by molar-refractivity contribution is 5.80. The molecule has 17 heavy (non-hydrogen) atoms. The Morgan fingerprint density at radius 1 is 1.35 bits per heavy atom. The zero-order chi connectivity index (χ0) is 13.4. The van der Waals surface area contributed by atoms with Gasteiger partial charge in [0.1, 0.15) is 6.54 Å². The van der Waals surface area contributed by atoms with Gasteiger partial charge >= 0.3 is 12.0 Å². The molecule has 1 N–H and O–H groups in total. The fraction of sp³-hybridized carbons (Fsp3) is 0.667. The Kier molecular flexibility index (Phi) is 6.80. The maximum absolute atomic E-state index is 12.0. The van der Waals surface area contributed by atoms with E-state index < -0.39 is 5.97 Å². The van der Waals surface area contributed by atoms with Crippen molar-refractivity contribution in [3.8, 4) is 12.3 Å². The molecule has 0 bridgehead atoms. The topological polar surface area (TPSA) is 60.9 Å². The molecule has 0 aliphatic heterocycles. The van der Waals surface area contributed by atoms with Crippen LogP contribution in [0.1, 0.15) is 20.8 Å². The summed E-state index contributed by atoms with van der Waals surface area (Å²) in [6.07, 6.45) is 5.17. The molecule has 0 atom stereocenters. The van der Waals surface area contributed by atoms with Crippen LogP contribution in [0.4, 0.5) is 4.79 Å². The van der Waals surface area contributed by atoms with Crippen molar-refractivity contribution in [2.45, 2.75) is 20.8 Å². The Balaban J connectivity index is 4.71. The predicted molar refractivity (Wildman–Crippen MR) is 65.5 cm³/mol. The van der Waals surface area contributed by atoms with E-state index in [1.807, 2.05) is 20.8 Å². The molecule has 0 saturated carbocycles. The second-order valence-corrected chi connectivity index (χ2v) is 4.17. The number of aliphatic carboxylic acids is 1. The van der Waals surface area contributed by atoms with Crippen molar-refractivity contribution < 1.29 is 14.7 Å². The first kappa shape index (κ1) is 15.3. The van der Waals surface area contributed by atoms with E-state index in [4.69, 9.17) is 11.5 Å². The highest BCUT2D eigenvalue weighted by atomic mass is 16.4. The van der Waals surface area contributed by atoms with Crippen LogP contribution < -0.4 is 0 Å². The molecule has 0 rings (SSSR count). The van der Waals surface area contributed by atoms with Crippen LogP contribution in [0.3, 0.4) is 0 Å². The molecule has 0 aliphatic rings. The summed E-state index contributed by atoms with van der Waals surface area (Å²) in [5.41, 5.74) is 0. The molecule has 5 heteroatoms. The van der Waals surface area contributed by atoms with Crippen molar-refractivity contribution in [3.05, 3.63) is 0 Å². The molecule has 96 valence electrons. The van der Waals surface area contributed by atoms with Crippen LogP contribution in [0.2, 0.25) is 0 Å². The van der Waals surface area contributed by atoms with Gasteiger partial charge in [0.25, 0.3) is 0 Å². The summed E-state index contributed by atoms with van der Waals surface area (Å²) in [6, 6.07) is -0.318. The van der Waals surface area contributed by atoms with E-state index in [1.165, 1.54) is 9.80 Å². The van der Waals surface area contributed by atoms with E-state index in [9.17, 15) is 9.59 Å². The summed E-state index contributed by atoms with van der Waals surface area (Å²) >= 11 is 0. The molecule has 0 heterocycles. The van der Waals surface area contributed by atoms with Gasteiger partial charge in [-0.25, -0.2) is 4.79 Å². The first-order valence-electron chi connectivity index (χ1n) is 5.61. The number of hydrogen-bond acceptors (Lipinski definition) is 2. The molecule has 0 spiro atoms. The van der Waals surface area contributed by atoms with Crippen LogP contribution in [0.25, 0.3) is 0 Å². The Morgan fingerprint density at radius 2 is 1.94 bits per heavy atom. The second-order valence-electron chi connectivity index (χ2n) is 4.17. The largest absolute Gasteiger partial charge is 0.480 e. The number of hydrogen-bond donors (Lipinski definition) is 1. The second kappa shape index (κ2) is 7.55. The van der Waals surface area contributed by atoms with E-state index in [1.54, 1.807) is 0 Å². The number of nitrogens with zero attached hydrogens (tertiary/aromatic N) is 2. The smallest absolute Gasteiger partial charge is 0.323 e. The number of carboxylic acids is 1. The predicted octanol–water partition coefficient (Wildman–Crippen LogP) is 1.10. The van der Waals surface area contributed by atoms with Gasteiger partial charge in [0.2, 0.25) is 0 Å². The van der Waals surface area contributed by atoms with E-state index in [-0.39, 0.29) is 25.0 Å². The number of carboxylic acid groups (broad SMARTS) is 1. The van der Waals surface area contributed by atoms with Crippen molar-refractivity contribution in [3.63, 3.8) is 0 Å². The van der Waals surface area contributed by atoms with Crippen molar-refractivity contribution in [2.24, 2.45) is 5.92 Å². The van der Waals surface area contributed by atoms with Gasteiger partial charge in [-0.15, -0.1) is 6.42 Å². The fourth-order valence-electron chi connectivity index (χ4n) is 1.44. The van der Waals surface area contributed by atoms with Gasteiger partial charge in [-0.2, -0.15) is 0 Å². The van der Waals surface area contributed by atoms with Gasteiger partial charge in [0.15, 0.2) is 0 Å². The van der Waals surface area contributed by atoms with Gasteiger partial charge in [0, 0.05) is 13.1 Å². The molecule has 0 aliphatic carbocycles. The Labute approximate surface area is 102 Å². The Morgan fingerprint density at radius 3 is 2.29 bits per heavy atom. The summed E-state index contributed by atoms with van der Waals surface area (Å²) in [6.45, 7) is 6.45. The SMILES string of the molecule is C#CCN(CC)C(=O)N(CC(=O)O)CC(C)C. The lowest BCUT2D eigenvalue weighted by Crippen LogP contribution is -2.46. The third-order valence-corrected chi connectivity index (χ3v) is 2.12. The average molecular weight is 240 g/mol. The summed E-state index contributed by atoms with van der Waals surface area (Å²) < 4.78 is 0. The average Bonchev–Trinajstić information content (AvgIpc) is 2.22. The molecule has 0 aromatic heterocycles. The number of urea groups is 1. The van der Waals surface area contributed by atoms with Crippen LogP contribution in [0, 0.1) is 18.3 Å². The van der Waals surface area contributed by atoms with Crippen LogP contribution >= 0.6 is 0 Å². The van der Waals surface area contributed by atoms with Gasteiger partial charge in [0.05, 0.1) is 6.54 Å².